The van der Waals surface area contributed by atoms with E-state index in [1.165, 1.54) is 34.4 Å². The van der Waals surface area contributed by atoms with Gasteiger partial charge in [0.05, 0.1) is 32.1 Å². The fraction of sp³-hybridized carbons (Fsp3) is 0.303. The number of benzene rings is 3. The first-order chi connectivity index (χ1) is 21.9. The number of nitrogens with one attached hydrogen (secondary N) is 2. The highest BCUT2D eigenvalue weighted by molar-refractivity contribution is 7.86. The maximum Gasteiger partial charge on any atom is 0.306 e. The molecule has 1 aromatic heterocycles. The number of aliphatic hydroxyl groups is 1. The van der Waals surface area contributed by atoms with Crippen molar-refractivity contribution in [3.63, 3.8) is 0 Å². The van der Waals surface area contributed by atoms with E-state index in [1.807, 2.05) is 66.9 Å². The van der Waals surface area contributed by atoms with Gasteiger partial charge in [-0.05, 0) is 54.8 Å². The van der Waals surface area contributed by atoms with E-state index in [0.717, 1.165) is 33.8 Å². The van der Waals surface area contributed by atoms with Crippen molar-refractivity contribution in [1.29, 1.82) is 0 Å². The molecule has 2 unspecified atom stereocenters. The summed E-state index contributed by atoms with van der Waals surface area (Å²) in [5.74, 6) is -0.530. The molecule has 0 radical (unpaired) electrons. The van der Waals surface area contributed by atoms with Crippen molar-refractivity contribution in [2.75, 3.05) is 27.0 Å². The zero-order valence-corrected chi connectivity index (χ0v) is 27.7. The van der Waals surface area contributed by atoms with Crippen LogP contribution in [0.5, 0.6) is 11.5 Å². The number of amides is 2. The van der Waals surface area contributed by atoms with Gasteiger partial charge >= 0.3 is 10.1 Å². The number of aryl methyl sites for hydroxylation is 1. The molecule has 4 rings (SSSR count). The second kappa shape index (κ2) is 15.8. The lowest BCUT2D eigenvalue weighted by Gasteiger charge is -2.25. The lowest BCUT2D eigenvalue weighted by molar-refractivity contribution is 0.0784. The van der Waals surface area contributed by atoms with Gasteiger partial charge in [0.2, 0.25) is 0 Å². The van der Waals surface area contributed by atoms with Gasteiger partial charge in [-0.25, -0.2) is 4.98 Å². The number of hydrogen-bond donors (Lipinski definition) is 3. The van der Waals surface area contributed by atoms with Gasteiger partial charge < -0.3 is 29.6 Å². The Bertz CT molecular complexity index is 1750. The van der Waals surface area contributed by atoms with Crippen molar-refractivity contribution >= 4 is 33.3 Å². The van der Waals surface area contributed by atoms with Gasteiger partial charge in [0.25, 0.3) is 11.8 Å². The molecule has 3 aromatic carbocycles. The Balaban J connectivity index is 1.55. The topological polar surface area (TPSA) is 147 Å². The monoisotopic (exact) mass is 666 g/mol. The number of ether oxygens (including phenoxy) is 1. The molecule has 244 valence electrons. The lowest BCUT2D eigenvalue weighted by atomic mass is 10.00. The second-order valence-electron chi connectivity index (χ2n) is 10.9. The largest absolute Gasteiger partial charge is 0.497 e. The summed E-state index contributed by atoms with van der Waals surface area (Å²) >= 11 is 1.42. The van der Waals surface area contributed by atoms with Gasteiger partial charge in [-0.3, -0.25) is 9.59 Å². The first-order valence-corrected chi connectivity index (χ1v) is 17.2. The Morgan fingerprint density at radius 2 is 1.72 bits per heavy atom. The molecule has 0 aliphatic rings. The second-order valence-corrected chi connectivity index (χ2v) is 13.4. The number of carbonyl (C=O) groups is 2. The fourth-order valence-corrected chi connectivity index (χ4v) is 6.01. The Morgan fingerprint density at radius 3 is 2.39 bits per heavy atom. The average Bonchev–Trinajstić information content (AvgIpc) is 3.43. The molecule has 4 aromatic rings. The first-order valence-electron chi connectivity index (χ1n) is 14.5. The summed E-state index contributed by atoms with van der Waals surface area (Å²) in [5, 5.41) is 20.0. The Labute approximate surface area is 273 Å². The zero-order chi connectivity index (χ0) is 33.3. The standard InChI is InChI=1S/C33H38N4O7S2/c1-22-21-45-31(35-22)20-37(2)33(40)26-15-25(16-28(17-26)44-46(4,41)42)32(39)36-29(14-23-9-6-5-7-10-23)30(38)19-34-18-24-11-8-12-27(13-24)43-3/h5-13,15-17,21,29-30,34,38H,14,18-20H2,1-4H3,(H,36,39). The SMILES string of the molecule is COc1cccc(CNCC(O)C(Cc2ccccc2)NC(=O)c2cc(OS(C)(=O)=O)cc(C(=O)N(C)Cc3nc(C)cs3)c2)c1. The molecular weight excluding hydrogens is 629 g/mol. The number of hydrogen-bond acceptors (Lipinski definition) is 10. The van der Waals surface area contributed by atoms with Crippen molar-refractivity contribution in [2.24, 2.45) is 0 Å². The molecule has 1 heterocycles. The summed E-state index contributed by atoms with van der Waals surface area (Å²) in [6.45, 7) is 2.71. The first kappa shape index (κ1) is 34.6. The summed E-state index contributed by atoms with van der Waals surface area (Å²) in [5.41, 5.74) is 2.75. The van der Waals surface area contributed by atoms with Crippen molar-refractivity contribution in [2.45, 2.75) is 38.6 Å². The lowest BCUT2D eigenvalue weighted by Crippen LogP contribution is -2.48. The number of methoxy groups -OCH3 is 1. The molecule has 3 N–H and O–H groups in total. The highest BCUT2D eigenvalue weighted by atomic mass is 32.2. The third-order valence-corrected chi connectivity index (χ3v) is 8.39. The van der Waals surface area contributed by atoms with Crippen molar-refractivity contribution in [3.05, 3.63) is 111 Å². The number of rotatable bonds is 15. The van der Waals surface area contributed by atoms with Crippen molar-refractivity contribution in [3.8, 4) is 11.5 Å². The average molecular weight is 667 g/mol. The number of nitrogens with zero attached hydrogens (tertiary/aromatic N) is 2. The summed E-state index contributed by atoms with van der Waals surface area (Å²) in [6, 6.07) is 20.1. The highest BCUT2D eigenvalue weighted by Crippen LogP contribution is 2.22. The molecule has 0 fully saturated rings. The molecule has 2 atom stereocenters. The van der Waals surface area contributed by atoms with Crippen LogP contribution in [0.4, 0.5) is 0 Å². The summed E-state index contributed by atoms with van der Waals surface area (Å²) < 4.78 is 34.3. The van der Waals surface area contributed by atoms with Gasteiger partial charge in [-0.1, -0.05) is 42.5 Å². The maximum absolute atomic E-state index is 13.7. The van der Waals surface area contributed by atoms with Gasteiger partial charge in [0, 0.05) is 42.3 Å². The van der Waals surface area contributed by atoms with Crippen LogP contribution in [0, 0.1) is 6.92 Å². The number of carbonyl (C=O) groups excluding carboxylic acids is 2. The van der Waals surface area contributed by atoms with Gasteiger partial charge in [-0.15, -0.1) is 11.3 Å². The van der Waals surface area contributed by atoms with E-state index in [9.17, 15) is 23.1 Å². The van der Waals surface area contributed by atoms with Crippen LogP contribution in [0.1, 0.15) is 42.5 Å². The Hall–Kier alpha value is -4.30. The molecule has 13 heteroatoms. The molecule has 0 bridgehead atoms. The normalized spacial score (nSPS) is 12.6. The minimum Gasteiger partial charge on any atom is -0.497 e. The van der Waals surface area contributed by atoms with Crippen molar-refractivity contribution in [1.82, 2.24) is 20.5 Å². The summed E-state index contributed by atoms with van der Waals surface area (Å²) in [4.78, 5) is 32.9. The number of aliphatic hydroxyl groups excluding tert-OH is 1. The summed E-state index contributed by atoms with van der Waals surface area (Å²) in [7, 11) is -0.779. The summed E-state index contributed by atoms with van der Waals surface area (Å²) in [6.07, 6.45) is 0.193. The van der Waals surface area contributed by atoms with Gasteiger partial charge in [0.1, 0.15) is 16.5 Å². The number of thiazole rings is 1. The predicted octanol–water partition coefficient (Wildman–Crippen LogP) is 3.56. The molecule has 46 heavy (non-hydrogen) atoms. The van der Waals surface area contributed by atoms with Crippen LogP contribution in [-0.2, 0) is 29.6 Å². The minimum absolute atomic E-state index is 0.00223. The van der Waals surface area contributed by atoms with E-state index >= 15 is 0 Å². The van der Waals surface area contributed by atoms with Crippen LogP contribution in [0.25, 0.3) is 0 Å². The van der Waals surface area contributed by atoms with E-state index in [0.29, 0.717) is 13.0 Å². The number of aromatic nitrogens is 1. The van der Waals surface area contributed by atoms with Crippen LogP contribution in [0.2, 0.25) is 0 Å². The molecule has 2 amide bonds. The van der Waals surface area contributed by atoms with Gasteiger partial charge in [0.15, 0.2) is 0 Å². The smallest absolute Gasteiger partial charge is 0.306 e. The molecule has 11 nitrogen and oxygen atoms in total. The molecule has 0 saturated heterocycles. The molecular formula is C33H38N4O7S2. The van der Waals surface area contributed by atoms with Gasteiger partial charge in [-0.2, -0.15) is 8.42 Å². The Morgan fingerprint density at radius 1 is 1.00 bits per heavy atom. The van der Waals surface area contributed by atoms with E-state index in [2.05, 4.69) is 15.6 Å². The fourth-order valence-electron chi connectivity index (χ4n) is 4.74. The van der Waals surface area contributed by atoms with E-state index in [4.69, 9.17) is 8.92 Å². The predicted molar refractivity (Wildman–Crippen MR) is 177 cm³/mol. The molecule has 0 saturated carbocycles. The van der Waals surface area contributed by atoms with Crippen molar-refractivity contribution < 1.29 is 32.0 Å². The Kier molecular flexibility index (Phi) is 11.9. The van der Waals surface area contributed by atoms with Crippen LogP contribution in [0.15, 0.2) is 78.2 Å². The molecule has 0 aliphatic carbocycles. The third kappa shape index (κ3) is 10.4. The zero-order valence-electron chi connectivity index (χ0n) is 26.1. The third-order valence-electron chi connectivity index (χ3n) is 6.95. The van der Waals surface area contributed by atoms with Crippen LogP contribution < -0.4 is 19.6 Å². The van der Waals surface area contributed by atoms with Crippen LogP contribution in [-0.4, -0.2) is 74.3 Å². The molecule has 0 aliphatic heterocycles. The molecule has 0 spiro atoms. The van der Waals surface area contributed by atoms with E-state index < -0.39 is 34.1 Å². The quantitative estimate of drug-likeness (QED) is 0.162. The minimum atomic E-state index is -3.96. The van der Waals surface area contributed by atoms with Crippen LogP contribution in [0.3, 0.4) is 0 Å². The highest BCUT2D eigenvalue weighted by Gasteiger charge is 2.25. The maximum atomic E-state index is 13.7. The van der Waals surface area contributed by atoms with E-state index in [-0.39, 0.29) is 30.0 Å². The van der Waals surface area contributed by atoms with Crippen LogP contribution >= 0.6 is 11.3 Å². The van der Waals surface area contributed by atoms with E-state index in [1.54, 1.807) is 14.2 Å².